The third-order valence-electron chi connectivity index (χ3n) is 4.43. The summed E-state index contributed by atoms with van der Waals surface area (Å²) in [6.07, 6.45) is 4.63. The highest BCUT2D eigenvalue weighted by molar-refractivity contribution is 6.33. The van der Waals surface area contributed by atoms with E-state index >= 15 is 0 Å². The molecule has 1 aromatic carbocycles. The number of likely N-dealkylation sites (N-methyl/N-ethyl adjacent to an activating group) is 1. The topological polar surface area (TPSA) is 61.4 Å². The molecule has 2 N–H and O–H groups in total. The second kappa shape index (κ2) is 9.04. The number of nitrogens with one attached hydrogen (secondary N) is 2. The molecule has 24 heavy (non-hydrogen) atoms. The first-order valence-corrected chi connectivity index (χ1v) is 8.86. The SMILES string of the molecule is C[C@H]1CCCC[C@@H]1NC(=O)CN(C)CC(=O)Nc1ccccc1Cl. The predicted octanol–water partition coefficient (Wildman–Crippen LogP) is 2.91. The fourth-order valence-corrected chi connectivity index (χ4v) is 3.26. The van der Waals surface area contributed by atoms with Gasteiger partial charge in [0.1, 0.15) is 0 Å². The molecule has 132 valence electrons. The largest absolute Gasteiger partial charge is 0.352 e. The van der Waals surface area contributed by atoms with Crippen LogP contribution in [0.5, 0.6) is 0 Å². The molecule has 2 rings (SSSR count). The molecule has 0 unspecified atom stereocenters. The predicted molar refractivity (Wildman–Crippen MR) is 97.1 cm³/mol. The quantitative estimate of drug-likeness (QED) is 0.828. The molecule has 0 saturated heterocycles. The van der Waals surface area contributed by atoms with Crippen LogP contribution in [0.15, 0.2) is 24.3 Å². The van der Waals surface area contributed by atoms with E-state index in [-0.39, 0.29) is 30.9 Å². The van der Waals surface area contributed by atoms with Gasteiger partial charge in [-0.05, 0) is 37.9 Å². The summed E-state index contributed by atoms with van der Waals surface area (Å²) >= 11 is 6.02. The fraction of sp³-hybridized carbons (Fsp3) is 0.556. The molecule has 0 aromatic heterocycles. The van der Waals surface area contributed by atoms with Gasteiger partial charge in [0.15, 0.2) is 0 Å². The summed E-state index contributed by atoms with van der Waals surface area (Å²) < 4.78 is 0. The van der Waals surface area contributed by atoms with E-state index in [9.17, 15) is 9.59 Å². The molecule has 0 aliphatic heterocycles. The molecule has 1 aliphatic rings. The molecule has 0 spiro atoms. The Balaban J connectivity index is 1.75. The van der Waals surface area contributed by atoms with Crippen molar-refractivity contribution in [3.8, 4) is 0 Å². The van der Waals surface area contributed by atoms with Crippen LogP contribution in [0.4, 0.5) is 5.69 Å². The number of nitrogens with zero attached hydrogens (tertiary/aromatic N) is 1. The van der Waals surface area contributed by atoms with Crippen LogP contribution < -0.4 is 10.6 Å². The monoisotopic (exact) mass is 351 g/mol. The Kier molecular flexibility index (Phi) is 7.06. The molecule has 2 atom stereocenters. The molecule has 5 nitrogen and oxygen atoms in total. The Morgan fingerprint density at radius 3 is 2.54 bits per heavy atom. The lowest BCUT2D eigenvalue weighted by Gasteiger charge is -2.30. The first kappa shape index (κ1) is 18.7. The summed E-state index contributed by atoms with van der Waals surface area (Å²) in [5.41, 5.74) is 0.582. The Hall–Kier alpha value is -1.59. The lowest BCUT2D eigenvalue weighted by molar-refractivity contribution is -0.124. The number of carbonyl (C=O) groups is 2. The Labute approximate surface area is 148 Å². The summed E-state index contributed by atoms with van der Waals surface area (Å²) in [5.74, 6) is 0.308. The van der Waals surface area contributed by atoms with Gasteiger partial charge in [0.05, 0.1) is 23.8 Å². The lowest BCUT2D eigenvalue weighted by atomic mass is 9.86. The smallest absolute Gasteiger partial charge is 0.238 e. The molecule has 2 amide bonds. The molecule has 0 heterocycles. The van der Waals surface area contributed by atoms with E-state index in [4.69, 9.17) is 11.6 Å². The van der Waals surface area contributed by atoms with Crippen molar-refractivity contribution in [1.82, 2.24) is 10.2 Å². The highest BCUT2D eigenvalue weighted by Gasteiger charge is 2.23. The molecule has 1 aliphatic carbocycles. The second-order valence-corrected chi connectivity index (χ2v) is 7.04. The van der Waals surface area contributed by atoms with E-state index in [0.717, 1.165) is 6.42 Å². The van der Waals surface area contributed by atoms with Gasteiger partial charge in [-0.3, -0.25) is 14.5 Å². The number of para-hydroxylation sites is 1. The maximum atomic E-state index is 12.2. The van der Waals surface area contributed by atoms with E-state index in [1.807, 2.05) is 6.07 Å². The number of rotatable bonds is 6. The van der Waals surface area contributed by atoms with Crippen molar-refractivity contribution in [2.45, 2.75) is 38.6 Å². The summed E-state index contributed by atoms with van der Waals surface area (Å²) in [7, 11) is 1.76. The molecule has 1 aromatic rings. The van der Waals surface area contributed by atoms with Crippen LogP contribution in [0, 0.1) is 5.92 Å². The minimum atomic E-state index is -0.190. The van der Waals surface area contributed by atoms with E-state index in [1.165, 1.54) is 19.3 Å². The number of carbonyl (C=O) groups excluding carboxylic acids is 2. The third kappa shape index (κ3) is 5.80. The van der Waals surface area contributed by atoms with Gasteiger partial charge in [-0.1, -0.05) is 43.5 Å². The maximum Gasteiger partial charge on any atom is 0.238 e. The third-order valence-corrected chi connectivity index (χ3v) is 4.76. The number of amides is 2. The van der Waals surface area contributed by atoms with Crippen molar-refractivity contribution in [2.75, 3.05) is 25.5 Å². The highest BCUT2D eigenvalue weighted by Crippen LogP contribution is 2.23. The van der Waals surface area contributed by atoms with Crippen LogP contribution in [0.1, 0.15) is 32.6 Å². The average molecular weight is 352 g/mol. The van der Waals surface area contributed by atoms with Gasteiger partial charge in [0.2, 0.25) is 11.8 Å². The lowest BCUT2D eigenvalue weighted by Crippen LogP contribution is -2.46. The summed E-state index contributed by atoms with van der Waals surface area (Å²) in [5, 5.41) is 6.35. The standard InChI is InChI=1S/C18H26ClN3O2/c1-13-7-3-5-9-15(13)20-17(23)11-22(2)12-18(24)21-16-10-6-4-8-14(16)19/h4,6,8,10,13,15H,3,5,7,9,11-12H2,1-2H3,(H,20,23)(H,21,24)/t13-,15-/m0/s1. The average Bonchev–Trinajstić information content (AvgIpc) is 2.51. The van der Waals surface area contributed by atoms with Crippen molar-refractivity contribution in [2.24, 2.45) is 5.92 Å². The van der Waals surface area contributed by atoms with Gasteiger partial charge < -0.3 is 10.6 Å². The molecule has 1 fully saturated rings. The minimum Gasteiger partial charge on any atom is -0.352 e. The van der Waals surface area contributed by atoms with E-state index in [1.54, 1.807) is 30.1 Å². The van der Waals surface area contributed by atoms with Gasteiger partial charge in [-0.15, -0.1) is 0 Å². The first-order valence-electron chi connectivity index (χ1n) is 8.48. The Bertz CT molecular complexity index is 579. The fourth-order valence-electron chi connectivity index (χ4n) is 3.08. The Morgan fingerprint density at radius 1 is 1.17 bits per heavy atom. The number of anilines is 1. The van der Waals surface area contributed by atoms with Gasteiger partial charge in [0, 0.05) is 6.04 Å². The van der Waals surface area contributed by atoms with Crippen LogP contribution in [-0.2, 0) is 9.59 Å². The molecule has 0 bridgehead atoms. The molecule has 0 radical (unpaired) electrons. The minimum absolute atomic E-state index is 0.0261. The van der Waals surface area contributed by atoms with Crippen LogP contribution in [0.2, 0.25) is 5.02 Å². The zero-order valence-corrected chi connectivity index (χ0v) is 15.1. The van der Waals surface area contributed by atoms with Gasteiger partial charge in [-0.2, -0.15) is 0 Å². The van der Waals surface area contributed by atoms with E-state index in [0.29, 0.717) is 16.6 Å². The van der Waals surface area contributed by atoms with Gasteiger partial charge in [-0.25, -0.2) is 0 Å². The summed E-state index contributed by atoms with van der Waals surface area (Å²) in [6, 6.07) is 7.35. The number of hydrogen-bond acceptors (Lipinski definition) is 3. The van der Waals surface area contributed by atoms with Crippen LogP contribution >= 0.6 is 11.6 Å². The molecular weight excluding hydrogens is 326 g/mol. The molecule has 6 heteroatoms. The van der Waals surface area contributed by atoms with Crippen molar-refractivity contribution in [1.29, 1.82) is 0 Å². The van der Waals surface area contributed by atoms with Crippen LogP contribution in [-0.4, -0.2) is 42.9 Å². The Morgan fingerprint density at radius 2 is 1.83 bits per heavy atom. The van der Waals surface area contributed by atoms with Crippen molar-refractivity contribution < 1.29 is 9.59 Å². The number of benzene rings is 1. The number of hydrogen-bond donors (Lipinski definition) is 2. The van der Waals surface area contributed by atoms with Gasteiger partial charge in [0.25, 0.3) is 0 Å². The summed E-state index contributed by atoms with van der Waals surface area (Å²) in [6.45, 7) is 2.53. The molecular formula is C18H26ClN3O2. The van der Waals surface area contributed by atoms with Crippen molar-refractivity contribution in [3.05, 3.63) is 29.3 Å². The van der Waals surface area contributed by atoms with Crippen molar-refractivity contribution >= 4 is 29.1 Å². The van der Waals surface area contributed by atoms with Crippen LogP contribution in [0.25, 0.3) is 0 Å². The number of halogens is 1. The van der Waals surface area contributed by atoms with Crippen LogP contribution in [0.3, 0.4) is 0 Å². The second-order valence-electron chi connectivity index (χ2n) is 6.64. The highest BCUT2D eigenvalue weighted by atomic mass is 35.5. The van der Waals surface area contributed by atoms with E-state index < -0.39 is 0 Å². The van der Waals surface area contributed by atoms with E-state index in [2.05, 4.69) is 17.6 Å². The maximum absolute atomic E-state index is 12.2. The zero-order chi connectivity index (χ0) is 17.5. The van der Waals surface area contributed by atoms with Gasteiger partial charge >= 0.3 is 0 Å². The first-order chi connectivity index (χ1) is 11.5. The normalized spacial score (nSPS) is 20.7. The zero-order valence-electron chi connectivity index (χ0n) is 14.3. The summed E-state index contributed by atoms with van der Waals surface area (Å²) in [4.78, 5) is 25.9. The molecule has 1 saturated carbocycles. The van der Waals surface area contributed by atoms with Crippen molar-refractivity contribution in [3.63, 3.8) is 0 Å².